The maximum atomic E-state index is 12.6. The van der Waals surface area contributed by atoms with Gasteiger partial charge in [0, 0.05) is 32.2 Å². The van der Waals surface area contributed by atoms with Crippen molar-refractivity contribution in [2.45, 2.75) is 103 Å². The molecule has 1 heterocycles. The number of piperazine rings is 1. The minimum Gasteiger partial charge on any atom is -0.332 e. The second-order valence-electron chi connectivity index (χ2n) is 7.89. The SMILES string of the molecule is CCCCCCCC(CCCCCCC)N1CCN(C(=O)C(F)(F)F)CC1. The highest BCUT2D eigenvalue weighted by molar-refractivity contribution is 5.81. The zero-order valence-corrected chi connectivity index (χ0v) is 17.3. The highest BCUT2D eigenvalue weighted by Gasteiger charge is 2.43. The third kappa shape index (κ3) is 9.82. The number of rotatable bonds is 13. The molecule has 0 aliphatic carbocycles. The summed E-state index contributed by atoms with van der Waals surface area (Å²) in [5.74, 6) is -1.68. The molecule has 1 aliphatic heterocycles. The van der Waals surface area contributed by atoms with Gasteiger partial charge in [-0.25, -0.2) is 0 Å². The Kier molecular flexibility index (Phi) is 12.0. The summed E-state index contributed by atoms with van der Waals surface area (Å²) in [4.78, 5) is 14.7. The monoisotopic (exact) mass is 392 g/mol. The van der Waals surface area contributed by atoms with Crippen LogP contribution in [0.25, 0.3) is 0 Å². The summed E-state index contributed by atoms with van der Waals surface area (Å²) in [7, 11) is 0. The average molecular weight is 393 g/mol. The molecule has 1 fully saturated rings. The molecule has 0 spiro atoms. The third-order valence-corrected chi connectivity index (χ3v) is 5.64. The fourth-order valence-corrected chi connectivity index (χ4v) is 3.95. The molecule has 3 nitrogen and oxygen atoms in total. The number of carbonyl (C=O) groups excluding carboxylic acids is 1. The molecule has 0 atom stereocenters. The third-order valence-electron chi connectivity index (χ3n) is 5.64. The van der Waals surface area contributed by atoms with Crippen molar-refractivity contribution >= 4 is 5.91 Å². The summed E-state index contributed by atoms with van der Waals surface area (Å²) in [5.41, 5.74) is 0. The van der Waals surface area contributed by atoms with Crippen LogP contribution in [0.5, 0.6) is 0 Å². The van der Waals surface area contributed by atoms with E-state index in [1.54, 1.807) is 0 Å². The van der Waals surface area contributed by atoms with Crippen molar-refractivity contribution in [2.24, 2.45) is 0 Å². The van der Waals surface area contributed by atoms with E-state index >= 15 is 0 Å². The zero-order valence-electron chi connectivity index (χ0n) is 17.3. The number of carbonyl (C=O) groups is 1. The molecular formula is C21H39F3N2O. The van der Waals surface area contributed by atoms with Crippen LogP contribution in [0.4, 0.5) is 13.2 Å². The molecule has 0 bridgehead atoms. The topological polar surface area (TPSA) is 23.6 Å². The lowest BCUT2D eigenvalue weighted by atomic mass is 9.98. The first-order valence-electron chi connectivity index (χ1n) is 11.0. The maximum Gasteiger partial charge on any atom is 0.471 e. The fraction of sp³-hybridized carbons (Fsp3) is 0.952. The van der Waals surface area contributed by atoms with Crippen LogP contribution in [-0.4, -0.2) is 54.1 Å². The van der Waals surface area contributed by atoms with Gasteiger partial charge in [0.25, 0.3) is 0 Å². The lowest BCUT2D eigenvalue weighted by Crippen LogP contribution is -2.54. The van der Waals surface area contributed by atoms with Crippen molar-refractivity contribution in [3.05, 3.63) is 0 Å². The van der Waals surface area contributed by atoms with Crippen LogP contribution >= 0.6 is 0 Å². The minimum absolute atomic E-state index is 0.195. The molecule has 1 rings (SSSR count). The summed E-state index contributed by atoms with van der Waals surface area (Å²) in [6, 6.07) is 0.455. The molecular weight excluding hydrogens is 353 g/mol. The molecule has 0 unspecified atom stereocenters. The van der Waals surface area contributed by atoms with Crippen LogP contribution in [0.1, 0.15) is 90.9 Å². The van der Waals surface area contributed by atoms with Crippen molar-refractivity contribution in [3.8, 4) is 0 Å². The normalized spacial score (nSPS) is 16.3. The van der Waals surface area contributed by atoms with E-state index in [-0.39, 0.29) is 13.1 Å². The fourth-order valence-electron chi connectivity index (χ4n) is 3.95. The van der Waals surface area contributed by atoms with Gasteiger partial charge in [-0.3, -0.25) is 9.69 Å². The van der Waals surface area contributed by atoms with Gasteiger partial charge >= 0.3 is 12.1 Å². The lowest BCUT2D eigenvalue weighted by Gasteiger charge is -2.39. The molecule has 1 amide bonds. The molecule has 0 saturated carbocycles. The predicted octanol–water partition coefficient (Wildman–Crippen LogP) is 5.78. The van der Waals surface area contributed by atoms with E-state index in [2.05, 4.69) is 18.7 Å². The van der Waals surface area contributed by atoms with E-state index in [0.29, 0.717) is 19.1 Å². The molecule has 27 heavy (non-hydrogen) atoms. The number of halogens is 3. The summed E-state index contributed by atoms with van der Waals surface area (Å²) in [5, 5.41) is 0. The maximum absolute atomic E-state index is 12.6. The quantitative estimate of drug-likeness (QED) is 0.371. The Bertz CT molecular complexity index is 379. The number of hydrogen-bond acceptors (Lipinski definition) is 2. The van der Waals surface area contributed by atoms with Gasteiger partial charge in [-0.2, -0.15) is 13.2 Å². The zero-order chi connectivity index (χ0) is 20.1. The summed E-state index contributed by atoms with van der Waals surface area (Å²) >= 11 is 0. The minimum atomic E-state index is -4.75. The van der Waals surface area contributed by atoms with Gasteiger partial charge in [-0.05, 0) is 12.8 Å². The Balaban J connectivity index is 2.45. The van der Waals surface area contributed by atoms with Crippen molar-refractivity contribution in [1.29, 1.82) is 0 Å². The number of hydrogen-bond donors (Lipinski definition) is 0. The van der Waals surface area contributed by atoms with Crippen LogP contribution in [0.3, 0.4) is 0 Å². The molecule has 0 aromatic heterocycles. The van der Waals surface area contributed by atoms with Crippen LogP contribution in [0.2, 0.25) is 0 Å². The standard InChI is InChI=1S/C21H39F3N2O/c1-3-5-7-9-11-13-19(14-12-10-8-6-4-2)25-15-17-26(18-16-25)20(27)21(22,23)24/h19H,3-18H2,1-2H3. The van der Waals surface area contributed by atoms with Gasteiger partial charge in [-0.1, -0.05) is 78.1 Å². The van der Waals surface area contributed by atoms with E-state index < -0.39 is 12.1 Å². The summed E-state index contributed by atoms with van der Waals surface area (Å²) in [6.45, 7) is 5.94. The second-order valence-corrected chi connectivity index (χ2v) is 7.89. The van der Waals surface area contributed by atoms with Gasteiger partial charge < -0.3 is 4.90 Å². The van der Waals surface area contributed by atoms with Gasteiger partial charge in [0.05, 0.1) is 0 Å². The van der Waals surface area contributed by atoms with Crippen molar-refractivity contribution < 1.29 is 18.0 Å². The Morgan fingerprint density at radius 3 is 1.63 bits per heavy atom. The number of amides is 1. The first-order chi connectivity index (χ1) is 12.9. The molecule has 1 aliphatic rings. The largest absolute Gasteiger partial charge is 0.471 e. The van der Waals surface area contributed by atoms with E-state index in [9.17, 15) is 18.0 Å². The number of nitrogens with zero attached hydrogens (tertiary/aromatic N) is 2. The second kappa shape index (κ2) is 13.4. The van der Waals surface area contributed by atoms with Crippen LogP contribution in [0, 0.1) is 0 Å². The lowest BCUT2D eigenvalue weighted by molar-refractivity contribution is -0.187. The van der Waals surface area contributed by atoms with Gasteiger partial charge in [0.2, 0.25) is 0 Å². The van der Waals surface area contributed by atoms with Crippen LogP contribution in [-0.2, 0) is 4.79 Å². The Morgan fingerprint density at radius 2 is 1.22 bits per heavy atom. The van der Waals surface area contributed by atoms with Crippen LogP contribution in [0.15, 0.2) is 0 Å². The molecule has 1 saturated heterocycles. The number of alkyl halides is 3. The average Bonchev–Trinajstić information content (AvgIpc) is 2.65. The molecule has 160 valence electrons. The molecule has 0 radical (unpaired) electrons. The molecule has 0 aromatic rings. The molecule has 6 heteroatoms. The first-order valence-corrected chi connectivity index (χ1v) is 11.0. The van der Waals surface area contributed by atoms with Crippen molar-refractivity contribution in [3.63, 3.8) is 0 Å². The Labute approximate surface area is 163 Å². The van der Waals surface area contributed by atoms with Gasteiger partial charge in [-0.15, -0.1) is 0 Å². The highest BCUT2D eigenvalue weighted by Crippen LogP contribution is 2.23. The Hall–Kier alpha value is -0.780. The summed E-state index contributed by atoms with van der Waals surface area (Å²) < 4.78 is 37.9. The van der Waals surface area contributed by atoms with Gasteiger partial charge in [0.15, 0.2) is 0 Å². The highest BCUT2D eigenvalue weighted by atomic mass is 19.4. The van der Waals surface area contributed by atoms with E-state index in [1.165, 1.54) is 64.2 Å². The van der Waals surface area contributed by atoms with E-state index in [4.69, 9.17) is 0 Å². The Morgan fingerprint density at radius 1 is 0.778 bits per heavy atom. The predicted molar refractivity (Wildman–Crippen MR) is 105 cm³/mol. The molecule has 0 aromatic carbocycles. The van der Waals surface area contributed by atoms with Gasteiger partial charge in [0.1, 0.15) is 0 Å². The summed E-state index contributed by atoms with van der Waals surface area (Å²) in [6.07, 6.45) is 9.95. The molecule has 0 N–H and O–H groups in total. The van der Waals surface area contributed by atoms with Crippen molar-refractivity contribution in [1.82, 2.24) is 9.80 Å². The number of unbranched alkanes of at least 4 members (excludes halogenated alkanes) is 8. The van der Waals surface area contributed by atoms with Crippen LogP contribution < -0.4 is 0 Å². The van der Waals surface area contributed by atoms with Crippen molar-refractivity contribution in [2.75, 3.05) is 26.2 Å². The first kappa shape index (κ1) is 24.3. The van der Waals surface area contributed by atoms with E-state index in [1.807, 2.05) is 0 Å². The smallest absolute Gasteiger partial charge is 0.332 e. The van der Waals surface area contributed by atoms with E-state index in [0.717, 1.165) is 17.7 Å².